The number of thiazole rings is 1. The van der Waals surface area contributed by atoms with E-state index in [2.05, 4.69) is 41.6 Å². The monoisotopic (exact) mass is 340 g/mol. The number of hydrogen-bond donors (Lipinski definition) is 0. The molecule has 0 spiro atoms. The lowest BCUT2D eigenvalue weighted by atomic mass is 10.2. The molecular weight excluding hydrogens is 324 g/mol. The Hall–Kier alpha value is -2.60. The Morgan fingerprint density at radius 3 is 2.88 bits per heavy atom. The second-order valence-corrected chi connectivity index (χ2v) is 6.59. The van der Waals surface area contributed by atoms with Crippen LogP contribution in [0.1, 0.15) is 22.8 Å². The molecule has 0 saturated heterocycles. The van der Waals surface area contributed by atoms with E-state index in [9.17, 15) is 4.79 Å². The summed E-state index contributed by atoms with van der Waals surface area (Å²) in [5.74, 6) is 0.970. The summed E-state index contributed by atoms with van der Waals surface area (Å²) in [6.45, 7) is 5.06. The van der Waals surface area contributed by atoms with Crippen molar-refractivity contribution in [2.24, 2.45) is 4.99 Å². The number of aryl methyl sites for hydroxylation is 2. The van der Waals surface area contributed by atoms with Gasteiger partial charge in [-0.3, -0.25) is 4.79 Å². The average Bonchev–Trinajstić information content (AvgIpc) is 3.17. The van der Waals surface area contributed by atoms with E-state index in [4.69, 9.17) is 9.47 Å². The fourth-order valence-electron chi connectivity index (χ4n) is 2.75. The number of nitrogens with zero attached hydrogens (tertiary/aromatic N) is 2. The molecule has 2 aromatic carbocycles. The number of carbonyl (C=O) groups excluding carboxylic acids is 1. The zero-order valence-electron chi connectivity index (χ0n) is 13.4. The van der Waals surface area contributed by atoms with Crippen molar-refractivity contribution in [2.45, 2.75) is 20.4 Å². The minimum atomic E-state index is -0.279. The molecule has 2 heterocycles. The Morgan fingerprint density at radius 1 is 1.21 bits per heavy atom. The number of rotatable bonds is 2. The number of aromatic nitrogens is 1. The minimum Gasteiger partial charge on any atom is -0.454 e. The Balaban J connectivity index is 1.80. The molecule has 5 nitrogen and oxygen atoms in total. The molecule has 1 aromatic heterocycles. The van der Waals surface area contributed by atoms with Crippen LogP contribution in [0.25, 0.3) is 10.2 Å². The van der Waals surface area contributed by atoms with Gasteiger partial charge in [0, 0.05) is 12.1 Å². The van der Waals surface area contributed by atoms with Crippen LogP contribution in [0.3, 0.4) is 0 Å². The highest BCUT2D eigenvalue weighted by Gasteiger charge is 2.16. The summed E-state index contributed by atoms with van der Waals surface area (Å²) < 4.78 is 13.8. The van der Waals surface area contributed by atoms with E-state index < -0.39 is 0 Å². The lowest BCUT2D eigenvalue weighted by Crippen LogP contribution is -2.15. The summed E-state index contributed by atoms with van der Waals surface area (Å²) in [4.78, 5) is 17.6. The molecule has 4 rings (SSSR count). The average molecular weight is 340 g/mol. The van der Waals surface area contributed by atoms with Crippen molar-refractivity contribution in [1.29, 1.82) is 0 Å². The molecule has 0 atom stereocenters. The van der Waals surface area contributed by atoms with E-state index in [-0.39, 0.29) is 12.7 Å². The summed E-state index contributed by atoms with van der Waals surface area (Å²) in [6, 6.07) is 11.4. The van der Waals surface area contributed by atoms with E-state index in [1.165, 1.54) is 16.9 Å². The molecule has 0 unspecified atom stereocenters. The topological polar surface area (TPSA) is 52.8 Å². The molecular formula is C18H16N2O3S. The highest BCUT2D eigenvalue weighted by molar-refractivity contribution is 7.16. The molecule has 0 aliphatic carbocycles. The molecule has 0 radical (unpaired) electrons. The smallest absolute Gasteiger partial charge is 0.279 e. The Morgan fingerprint density at radius 2 is 2.04 bits per heavy atom. The lowest BCUT2D eigenvalue weighted by Gasteiger charge is -2.01. The van der Waals surface area contributed by atoms with Gasteiger partial charge in [0.05, 0.1) is 10.2 Å². The van der Waals surface area contributed by atoms with Crippen molar-refractivity contribution >= 4 is 27.5 Å². The van der Waals surface area contributed by atoms with Crippen LogP contribution < -0.4 is 14.3 Å². The molecule has 0 fully saturated rings. The van der Waals surface area contributed by atoms with Crippen LogP contribution in [-0.2, 0) is 6.54 Å². The number of amides is 1. The van der Waals surface area contributed by atoms with Gasteiger partial charge in [-0.1, -0.05) is 17.4 Å². The molecule has 1 aliphatic heterocycles. The Bertz CT molecular complexity index is 1020. The van der Waals surface area contributed by atoms with Gasteiger partial charge < -0.3 is 14.0 Å². The summed E-state index contributed by atoms with van der Waals surface area (Å²) in [5, 5.41) is 0. The molecule has 0 bridgehead atoms. The predicted molar refractivity (Wildman–Crippen MR) is 92.7 cm³/mol. The maximum absolute atomic E-state index is 12.6. The van der Waals surface area contributed by atoms with Gasteiger partial charge in [0.2, 0.25) is 6.79 Å². The third kappa shape index (κ3) is 2.49. The molecule has 1 aliphatic rings. The molecule has 1 amide bonds. The van der Waals surface area contributed by atoms with Crippen LogP contribution in [0.4, 0.5) is 0 Å². The standard InChI is InChI=1S/C18H16N2O3S/c1-3-20-13-6-4-11(2)8-16(13)24-18(20)19-17(21)12-5-7-14-15(9-12)23-10-22-14/h4-9H,3,10H2,1-2H3. The highest BCUT2D eigenvalue weighted by Crippen LogP contribution is 2.32. The molecule has 122 valence electrons. The zero-order valence-corrected chi connectivity index (χ0v) is 14.2. The van der Waals surface area contributed by atoms with Crippen molar-refractivity contribution < 1.29 is 14.3 Å². The number of hydrogen-bond acceptors (Lipinski definition) is 4. The van der Waals surface area contributed by atoms with Crippen LogP contribution in [0, 0.1) is 6.92 Å². The van der Waals surface area contributed by atoms with E-state index in [1.807, 2.05) is 0 Å². The molecule has 0 saturated carbocycles. The predicted octanol–water partition coefficient (Wildman–Crippen LogP) is 3.50. The lowest BCUT2D eigenvalue weighted by molar-refractivity contribution is 0.0997. The fourth-order valence-corrected chi connectivity index (χ4v) is 3.94. The fraction of sp³-hybridized carbons (Fsp3) is 0.222. The minimum absolute atomic E-state index is 0.190. The summed E-state index contributed by atoms with van der Waals surface area (Å²) in [5.41, 5.74) is 2.79. The van der Waals surface area contributed by atoms with Crippen molar-refractivity contribution in [3.8, 4) is 11.5 Å². The van der Waals surface area contributed by atoms with E-state index in [0.29, 0.717) is 21.9 Å². The molecule has 6 heteroatoms. The number of ether oxygens (including phenoxy) is 2. The first-order valence-electron chi connectivity index (χ1n) is 7.74. The summed E-state index contributed by atoms with van der Waals surface area (Å²) in [6.07, 6.45) is 0. The van der Waals surface area contributed by atoms with Crippen LogP contribution in [0.5, 0.6) is 11.5 Å². The van der Waals surface area contributed by atoms with Crippen LogP contribution >= 0.6 is 11.3 Å². The summed E-state index contributed by atoms with van der Waals surface area (Å²) >= 11 is 1.53. The third-order valence-electron chi connectivity index (χ3n) is 3.97. The van der Waals surface area contributed by atoms with Gasteiger partial charge in [0.25, 0.3) is 5.91 Å². The van der Waals surface area contributed by atoms with E-state index in [1.54, 1.807) is 18.2 Å². The van der Waals surface area contributed by atoms with Crippen LogP contribution in [0.15, 0.2) is 41.4 Å². The van der Waals surface area contributed by atoms with Crippen molar-refractivity contribution in [3.05, 3.63) is 52.3 Å². The van der Waals surface area contributed by atoms with Crippen molar-refractivity contribution in [2.75, 3.05) is 6.79 Å². The SMILES string of the molecule is CCn1c(=NC(=O)c2ccc3c(c2)OCO3)sc2cc(C)ccc21. The van der Waals surface area contributed by atoms with Gasteiger partial charge in [-0.2, -0.15) is 4.99 Å². The third-order valence-corrected chi connectivity index (χ3v) is 5.01. The Labute approximate surface area is 142 Å². The molecule has 24 heavy (non-hydrogen) atoms. The second-order valence-electron chi connectivity index (χ2n) is 5.59. The summed E-state index contributed by atoms with van der Waals surface area (Å²) in [7, 11) is 0. The molecule has 0 N–H and O–H groups in total. The number of carbonyl (C=O) groups is 1. The maximum Gasteiger partial charge on any atom is 0.279 e. The first kappa shape index (κ1) is 15.0. The van der Waals surface area contributed by atoms with Gasteiger partial charge in [-0.25, -0.2) is 0 Å². The first-order chi connectivity index (χ1) is 11.7. The van der Waals surface area contributed by atoms with Gasteiger partial charge in [0.15, 0.2) is 16.3 Å². The Kier molecular flexibility index (Phi) is 3.61. The van der Waals surface area contributed by atoms with E-state index >= 15 is 0 Å². The second kappa shape index (κ2) is 5.79. The van der Waals surface area contributed by atoms with E-state index in [0.717, 1.165) is 16.8 Å². The van der Waals surface area contributed by atoms with Crippen molar-refractivity contribution in [1.82, 2.24) is 4.57 Å². The molecule has 3 aromatic rings. The van der Waals surface area contributed by atoms with Gasteiger partial charge in [0.1, 0.15) is 0 Å². The first-order valence-corrected chi connectivity index (χ1v) is 8.56. The van der Waals surface area contributed by atoms with Crippen molar-refractivity contribution in [3.63, 3.8) is 0 Å². The van der Waals surface area contributed by atoms with Gasteiger partial charge in [-0.15, -0.1) is 0 Å². The highest BCUT2D eigenvalue weighted by atomic mass is 32.1. The quantitative estimate of drug-likeness (QED) is 0.717. The van der Waals surface area contributed by atoms with Gasteiger partial charge in [-0.05, 0) is 49.7 Å². The largest absolute Gasteiger partial charge is 0.454 e. The number of benzene rings is 2. The number of fused-ring (bicyclic) bond motifs is 2. The van der Waals surface area contributed by atoms with Crippen LogP contribution in [-0.4, -0.2) is 17.3 Å². The zero-order chi connectivity index (χ0) is 16.7. The maximum atomic E-state index is 12.6. The van der Waals surface area contributed by atoms with Crippen LogP contribution in [0.2, 0.25) is 0 Å². The normalized spacial score (nSPS) is 13.7. The van der Waals surface area contributed by atoms with Gasteiger partial charge >= 0.3 is 0 Å².